The Balaban J connectivity index is 1.65. The van der Waals surface area contributed by atoms with Crippen LogP contribution in [-0.4, -0.2) is 17.5 Å². The molecule has 1 aromatic heterocycles. The minimum atomic E-state index is -0.127. The Bertz CT molecular complexity index is 874. The molecule has 1 heterocycles. The highest BCUT2D eigenvalue weighted by Gasteiger charge is 2.09. The molecule has 0 aliphatic carbocycles. The van der Waals surface area contributed by atoms with E-state index in [-0.39, 0.29) is 5.91 Å². The number of aromatic nitrogens is 1. The summed E-state index contributed by atoms with van der Waals surface area (Å²) in [4.78, 5) is 16.5. The van der Waals surface area contributed by atoms with Gasteiger partial charge in [0.05, 0.1) is 6.61 Å². The van der Waals surface area contributed by atoms with Crippen LogP contribution in [0.3, 0.4) is 0 Å². The van der Waals surface area contributed by atoms with E-state index in [1.807, 2.05) is 62.4 Å². The number of hydrogen-bond donors (Lipinski definition) is 1. The Hall–Kier alpha value is -3.14. The van der Waals surface area contributed by atoms with Crippen molar-refractivity contribution in [1.82, 2.24) is 4.98 Å². The number of amides is 1. The smallest absolute Gasteiger partial charge is 0.255 e. The number of nitrogens with one attached hydrogen (secondary N) is 1. The fourth-order valence-corrected chi connectivity index (χ4v) is 2.75. The van der Waals surface area contributed by atoms with Gasteiger partial charge in [0.1, 0.15) is 5.75 Å². The summed E-state index contributed by atoms with van der Waals surface area (Å²) in [6.45, 7) is 4.49. The number of rotatable bonds is 6. The summed E-state index contributed by atoms with van der Waals surface area (Å²) < 4.78 is 5.52. The fourth-order valence-electron chi connectivity index (χ4n) is 2.75. The average Bonchev–Trinajstić information content (AvgIpc) is 2.66. The lowest BCUT2D eigenvalue weighted by atomic mass is 10.1. The van der Waals surface area contributed by atoms with E-state index in [9.17, 15) is 4.79 Å². The summed E-state index contributed by atoms with van der Waals surface area (Å²) in [6.07, 6.45) is 4.43. The van der Waals surface area contributed by atoms with E-state index in [2.05, 4.69) is 10.3 Å². The maximum absolute atomic E-state index is 12.5. The van der Waals surface area contributed by atoms with Gasteiger partial charge in [-0.1, -0.05) is 12.1 Å². The molecule has 4 nitrogen and oxygen atoms in total. The quantitative estimate of drug-likeness (QED) is 0.708. The van der Waals surface area contributed by atoms with E-state index in [0.29, 0.717) is 12.2 Å². The summed E-state index contributed by atoms with van der Waals surface area (Å²) in [5.41, 5.74) is 4.74. The van der Waals surface area contributed by atoms with Crippen molar-refractivity contribution in [2.45, 2.75) is 20.3 Å². The predicted octanol–water partition coefficient (Wildman–Crippen LogP) is 4.63. The number of anilines is 1. The fraction of sp³-hybridized carbons (Fsp3) is 0.182. The van der Waals surface area contributed by atoms with E-state index < -0.39 is 0 Å². The van der Waals surface area contributed by atoms with Gasteiger partial charge in [0.15, 0.2) is 0 Å². The maximum atomic E-state index is 12.5. The largest absolute Gasteiger partial charge is 0.494 e. The molecule has 26 heavy (non-hydrogen) atoms. The van der Waals surface area contributed by atoms with Crippen LogP contribution in [0.2, 0.25) is 0 Å². The predicted molar refractivity (Wildman–Crippen MR) is 104 cm³/mol. The number of hydrogen-bond acceptors (Lipinski definition) is 3. The minimum absolute atomic E-state index is 0.127. The van der Waals surface area contributed by atoms with Crippen LogP contribution in [-0.2, 0) is 6.42 Å². The second-order valence-corrected chi connectivity index (χ2v) is 6.10. The van der Waals surface area contributed by atoms with Gasteiger partial charge in [0, 0.05) is 23.6 Å². The third kappa shape index (κ3) is 4.48. The van der Waals surface area contributed by atoms with Crippen molar-refractivity contribution in [2.75, 3.05) is 11.9 Å². The summed E-state index contributed by atoms with van der Waals surface area (Å²) in [6, 6.07) is 17.4. The van der Waals surface area contributed by atoms with Crippen molar-refractivity contribution < 1.29 is 9.53 Å². The van der Waals surface area contributed by atoms with Crippen LogP contribution in [0.15, 0.2) is 67.0 Å². The lowest BCUT2D eigenvalue weighted by Gasteiger charge is -2.10. The Kier molecular flexibility index (Phi) is 5.64. The van der Waals surface area contributed by atoms with Crippen molar-refractivity contribution in [2.24, 2.45) is 0 Å². The molecule has 1 amide bonds. The van der Waals surface area contributed by atoms with Gasteiger partial charge in [-0.2, -0.15) is 0 Å². The van der Waals surface area contributed by atoms with Crippen LogP contribution in [0.4, 0.5) is 5.69 Å². The van der Waals surface area contributed by atoms with Crippen molar-refractivity contribution in [3.63, 3.8) is 0 Å². The second kappa shape index (κ2) is 8.30. The van der Waals surface area contributed by atoms with Crippen LogP contribution >= 0.6 is 0 Å². The number of aryl methyl sites for hydroxylation is 1. The number of carbonyl (C=O) groups is 1. The van der Waals surface area contributed by atoms with Crippen molar-refractivity contribution in [3.8, 4) is 5.75 Å². The number of carbonyl (C=O) groups excluding carboxylic acids is 1. The molecule has 0 saturated heterocycles. The van der Waals surface area contributed by atoms with Crippen LogP contribution in [0.25, 0.3) is 0 Å². The Labute approximate surface area is 153 Å². The summed E-state index contributed by atoms with van der Waals surface area (Å²) in [7, 11) is 0. The first-order chi connectivity index (χ1) is 12.7. The zero-order valence-corrected chi connectivity index (χ0v) is 15.0. The second-order valence-electron chi connectivity index (χ2n) is 6.10. The van der Waals surface area contributed by atoms with Gasteiger partial charge in [0.25, 0.3) is 5.91 Å². The molecule has 0 saturated carbocycles. The van der Waals surface area contributed by atoms with E-state index >= 15 is 0 Å². The van der Waals surface area contributed by atoms with Gasteiger partial charge in [-0.05, 0) is 79.4 Å². The molecule has 3 rings (SSSR count). The molecule has 3 aromatic rings. The lowest BCUT2D eigenvalue weighted by molar-refractivity contribution is 0.102. The first-order valence-corrected chi connectivity index (χ1v) is 8.68. The Morgan fingerprint density at radius 1 is 1.00 bits per heavy atom. The zero-order valence-electron chi connectivity index (χ0n) is 15.0. The first kappa shape index (κ1) is 17.7. The molecule has 0 aliphatic heterocycles. The molecule has 0 bridgehead atoms. The topological polar surface area (TPSA) is 51.2 Å². The van der Waals surface area contributed by atoms with Gasteiger partial charge in [-0.15, -0.1) is 0 Å². The Morgan fingerprint density at radius 3 is 2.35 bits per heavy atom. The maximum Gasteiger partial charge on any atom is 0.255 e. The van der Waals surface area contributed by atoms with Crippen molar-refractivity contribution in [1.29, 1.82) is 0 Å². The number of ether oxygens (including phenoxy) is 1. The SMILES string of the molecule is CCOc1ccc(C(=O)Nc2ccc(Cc3ccncc3)cc2)cc1C. The van der Waals surface area contributed by atoms with E-state index in [4.69, 9.17) is 4.74 Å². The molecule has 1 N–H and O–H groups in total. The number of nitrogens with zero attached hydrogens (tertiary/aromatic N) is 1. The van der Waals surface area contributed by atoms with Crippen LogP contribution in [0, 0.1) is 6.92 Å². The van der Waals surface area contributed by atoms with Crippen molar-refractivity contribution in [3.05, 3.63) is 89.2 Å². The van der Waals surface area contributed by atoms with Crippen LogP contribution in [0.1, 0.15) is 34.0 Å². The monoisotopic (exact) mass is 346 g/mol. The highest BCUT2D eigenvalue weighted by molar-refractivity contribution is 6.04. The van der Waals surface area contributed by atoms with Gasteiger partial charge >= 0.3 is 0 Å². The molecule has 0 radical (unpaired) electrons. The highest BCUT2D eigenvalue weighted by atomic mass is 16.5. The van der Waals surface area contributed by atoms with E-state index in [0.717, 1.165) is 23.4 Å². The lowest BCUT2D eigenvalue weighted by Crippen LogP contribution is -2.12. The normalized spacial score (nSPS) is 10.4. The molecule has 0 aliphatic rings. The molecule has 0 unspecified atom stereocenters. The van der Waals surface area contributed by atoms with Crippen molar-refractivity contribution >= 4 is 11.6 Å². The molecule has 2 aromatic carbocycles. The minimum Gasteiger partial charge on any atom is -0.494 e. The van der Waals surface area contributed by atoms with Crippen LogP contribution < -0.4 is 10.1 Å². The van der Waals surface area contributed by atoms with Gasteiger partial charge in [-0.3, -0.25) is 9.78 Å². The average molecular weight is 346 g/mol. The number of benzene rings is 2. The van der Waals surface area contributed by atoms with E-state index in [1.54, 1.807) is 18.5 Å². The summed E-state index contributed by atoms with van der Waals surface area (Å²) in [5.74, 6) is 0.683. The highest BCUT2D eigenvalue weighted by Crippen LogP contribution is 2.20. The molecule has 0 atom stereocenters. The van der Waals surface area contributed by atoms with Gasteiger partial charge in [0.2, 0.25) is 0 Å². The molecule has 0 spiro atoms. The molecule has 4 heteroatoms. The Morgan fingerprint density at radius 2 is 1.69 bits per heavy atom. The summed E-state index contributed by atoms with van der Waals surface area (Å²) >= 11 is 0. The third-order valence-corrected chi connectivity index (χ3v) is 4.11. The number of pyridine rings is 1. The third-order valence-electron chi connectivity index (χ3n) is 4.11. The van der Waals surface area contributed by atoms with Crippen LogP contribution in [0.5, 0.6) is 5.75 Å². The zero-order chi connectivity index (χ0) is 18.4. The van der Waals surface area contributed by atoms with E-state index in [1.165, 1.54) is 11.1 Å². The summed E-state index contributed by atoms with van der Waals surface area (Å²) in [5, 5.41) is 2.94. The first-order valence-electron chi connectivity index (χ1n) is 8.68. The van der Waals surface area contributed by atoms with Gasteiger partial charge < -0.3 is 10.1 Å². The molecule has 0 fully saturated rings. The molecular formula is C22H22N2O2. The molecular weight excluding hydrogens is 324 g/mol. The molecule has 132 valence electrons. The standard InChI is InChI=1S/C22H22N2O2/c1-3-26-21-9-6-19(14-16(21)2)22(25)24-20-7-4-17(5-8-20)15-18-10-12-23-13-11-18/h4-14H,3,15H2,1-2H3,(H,24,25). The van der Waals surface area contributed by atoms with Gasteiger partial charge in [-0.25, -0.2) is 0 Å².